The Hall–Kier alpha value is -2.44. The predicted molar refractivity (Wildman–Crippen MR) is 97.8 cm³/mol. The number of pyridine rings is 1. The highest BCUT2D eigenvalue weighted by Crippen LogP contribution is 2.28. The van der Waals surface area contributed by atoms with Gasteiger partial charge < -0.3 is 10.8 Å². The second-order valence-electron chi connectivity index (χ2n) is 5.39. The molecule has 0 bridgehead atoms. The summed E-state index contributed by atoms with van der Waals surface area (Å²) in [5, 5.41) is 12.2. The quantitative estimate of drug-likeness (QED) is 0.719. The van der Waals surface area contributed by atoms with E-state index < -0.39 is 12.1 Å². The van der Waals surface area contributed by atoms with Gasteiger partial charge in [0.25, 0.3) is 0 Å². The zero-order valence-corrected chi connectivity index (χ0v) is 14.3. The summed E-state index contributed by atoms with van der Waals surface area (Å²) in [5.74, 6) is 0. The summed E-state index contributed by atoms with van der Waals surface area (Å²) in [5.41, 5.74) is 6.93. The van der Waals surface area contributed by atoms with E-state index in [9.17, 15) is 9.90 Å². The number of hydrogen-bond donors (Lipinski definition) is 2. The molecule has 0 saturated heterocycles. The van der Waals surface area contributed by atoms with Crippen molar-refractivity contribution in [2.24, 2.45) is 5.73 Å². The molecule has 0 saturated carbocycles. The average molecular weight is 386 g/mol. The van der Waals surface area contributed by atoms with Gasteiger partial charge in [0.2, 0.25) is 0 Å². The summed E-state index contributed by atoms with van der Waals surface area (Å²) in [6.45, 7) is 0.0679. The van der Waals surface area contributed by atoms with E-state index in [4.69, 9.17) is 5.73 Å². The van der Waals surface area contributed by atoms with E-state index >= 15 is 0 Å². The maximum absolute atomic E-state index is 12.0. The van der Waals surface area contributed by atoms with Gasteiger partial charge in [-0.05, 0) is 29.8 Å². The van der Waals surface area contributed by atoms with Gasteiger partial charge in [-0.1, -0.05) is 40.2 Å². The van der Waals surface area contributed by atoms with E-state index in [2.05, 4.69) is 20.9 Å². The molecule has 1 aromatic heterocycles. The van der Waals surface area contributed by atoms with Crippen molar-refractivity contribution in [1.82, 2.24) is 4.98 Å². The second-order valence-corrected chi connectivity index (χ2v) is 6.31. The molecule has 6 heteroatoms. The van der Waals surface area contributed by atoms with E-state index in [0.29, 0.717) is 11.3 Å². The molecule has 0 spiro atoms. The molecule has 2 amide bonds. The minimum absolute atomic E-state index is 0.0679. The topological polar surface area (TPSA) is 79.5 Å². The number of aliphatic hydroxyl groups excluding tert-OH is 1. The van der Waals surface area contributed by atoms with Gasteiger partial charge in [0.15, 0.2) is 0 Å². The molecular weight excluding hydrogens is 370 g/mol. The van der Waals surface area contributed by atoms with Crippen molar-refractivity contribution in [1.29, 1.82) is 0 Å². The highest BCUT2D eigenvalue weighted by atomic mass is 79.9. The van der Waals surface area contributed by atoms with Gasteiger partial charge in [-0.2, -0.15) is 0 Å². The minimum Gasteiger partial charge on any atom is -0.387 e. The van der Waals surface area contributed by atoms with Crippen LogP contribution in [-0.4, -0.2) is 22.7 Å². The number of primary amides is 1. The van der Waals surface area contributed by atoms with Gasteiger partial charge in [0.1, 0.15) is 0 Å². The van der Waals surface area contributed by atoms with Crippen molar-refractivity contribution in [2.45, 2.75) is 6.10 Å². The van der Waals surface area contributed by atoms with Gasteiger partial charge in [-0.25, -0.2) is 4.79 Å². The molecule has 2 aromatic carbocycles. The van der Waals surface area contributed by atoms with Crippen LogP contribution in [0.1, 0.15) is 11.7 Å². The fourth-order valence-electron chi connectivity index (χ4n) is 2.61. The van der Waals surface area contributed by atoms with Gasteiger partial charge in [0.05, 0.1) is 18.3 Å². The smallest absolute Gasteiger partial charge is 0.319 e. The lowest BCUT2D eigenvalue weighted by atomic mass is 10.1. The summed E-state index contributed by atoms with van der Waals surface area (Å²) in [6, 6.07) is 14.1. The number of urea groups is 1. The van der Waals surface area contributed by atoms with Crippen LogP contribution >= 0.6 is 15.9 Å². The van der Waals surface area contributed by atoms with Crippen molar-refractivity contribution >= 4 is 38.4 Å². The molecular formula is C18H16BrN3O2. The Bertz CT molecular complexity index is 862. The highest BCUT2D eigenvalue weighted by molar-refractivity contribution is 9.10. The summed E-state index contributed by atoms with van der Waals surface area (Å²) in [4.78, 5) is 17.4. The number of rotatable bonds is 4. The van der Waals surface area contributed by atoms with E-state index in [1.165, 1.54) is 4.90 Å². The SMILES string of the molecule is NC(=O)N(CC(O)c1ccc(Br)cc1)c1cccc2cnccc12. The van der Waals surface area contributed by atoms with Gasteiger partial charge in [0, 0.05) is 27.6 Å². The first kappa shape index (κ1) is 16.4. The molecule has 1 unspecified atom stereocenters. The Kier molecular flexibility index (Phi) is 4.78. The molecule has 3 aromatic rings. The fraction of sp³-hybridized carbons (Fsp3) is 0.111. The van der Waals surface area contributed by atoms with Crippen molar-refractivity contribution in [3.8, 4) is 0 Å². The Balaban J connectivity index is 1.95. The highest BCUT2D eigenvalue weighted by Gasteiger charge is 2.20. The molecule has 0 radical (unpaired) electrons. The number of carbonyl (C=O) groups excluding carboxylic acids is 1. The largest absolute Gasteiger partial charge is 0.387 e. The minimum atomic E-state index is -0.845. The summed E-state index contributed by atoms with van der Waals surface area (Å²) in [7, 11) is 0. The predicted octanol–water partition coefficient (Wildman–Crippen LogP) is 3.62. The monoisotopic (exact) mass is 385 g/mol. The Morgan fingerprint density at radius 3 is 2.67 bits per heavy atom. The molecule has 5 nitrogen and oxygen atoms in total. The van der Waals surface area contributed by atoms with Gasteiger partial charge >= 0.3 is 6.03 Å². The number of carbonyl (C=O) groups is 1. The first-order valence-electron chi connectivity index (χ1n) is 7.39. The van der Waals surface area contributed by atoms with Crippen LogP contribution in [0, 0.1) is 0 Å². The third kappa shape index (κ3) is 3.39. The number of anilines is 1. The zero-order valence-electron chi connectivity index (χ0n) is 12.8. The number of benzene rings is 2. The zero-order chi connectivity index (χ0) is 17.1. The number of hydrogen-bond acceptors (Lipinski definition) is 3. The van der Waals surface area contributed by atoms with Crippen LogP contribution in [0.3, 0.4) is 0 Å². The van der Waals surface area contributed by atoms with Crippen LogP contribution in [0.25, 0.3) is 10.8 Å². The van der Waals surface area contributed by atoms with Crippen LogP contribution in [-0.2, 0) is 0 Å². The number of aromatic nitrogens is 1. The van der Waals surface area contributed by atoms with Crippen LogP contribution < -0.4 is 10.6 Å². The van der Waals surface area contributed by atoms with Crippen LogP contribution in [0.4, 0.5) is 10.5 Å². The van der Waals surface area contributed by atoms with Gasteiger partial charge in [-0.15, -0.1) is 0 Å². The molecule has 122 valence electrons. The summed E-state index contributed by atoms with van der Waals surface area (Å²) < 4.78 is 0.923. The summed E-state index contributed by atoms with van der Waals surface area (Å²) in [6.07, 6.45) is 2.54. The Morgan fingerprint density at radius 1 is 1.21 bits per heavy atom. The molecule has 24 heavy (non-hydrogen) atoms. The molecule has 0 fully saturated rings. The normalized spacial score (nSPS) is 12.1. The van der Waals surface area contributed by atoms with E-state index in [1.54, 1.807) is 30.6 Å². The van der Waals surface area contributed by atoms with Crippen molar-refractivity contribution in [3.05, 3.63) is 71.0 Å². The van der Waals surface area contributed by atoms with Crippen molar-refractivity contribution in [3.63, 3.8) is 0 Å². The van der Waals surface area contributed by atoms with Crippen LogP contribution in [0.5, 0.6) is 0 Å². The lowest BCUT2D eigenvalue weighted by Crippen LogP contribution is -2.39. The molecule has 1 heterocycles. The number of nitrogens with zero attached hydrogens (tertiary/aromatic N) is 2. The average Bonchev–Trinajstić information content (AvgIpc) is 2.59. The lowest BCUT2D eigenvalue weighted by molar-refractivity contribution is 0.182. The third-order valence-corrected chi connectivity index (χ3v) is 4.35. The lowest BCUT2D eigenvalue weighted by Gasteiger charge is -2.25. The number of halogens is 1. The molecule has 3 N–H and O–H groups in total. The number of fused-ring (bicyclic) bond motifs is 1. The third-order valence-electron chi connectivity index (χ3n) is 3.82. The molecule has 1 atom stereocenters. The Labute approximate surface area is 147 Å². The maximum atomic E-state index is 12.0. The second kappa shape index (κ2) is 6.98. The molecule has 0 aliphatic heterocycles. The molecule has 0 aliphatic carbocycles. The van der Waals surface area contributed by atoms with Gasteiger partial charge in [-0.3, -0.25) is 9.88 Å². The number of aliphatic hydroxyl groups is 1. The maximum Gasteiger partial charge on any atom is 0.319 e. The molecule has 0 aliphatic rings. The first-order chi connectivity index (χ1) is 11.6. The van der Waals surface area contributed by atoms with Crippen molar-refractivity contribution < 1.29 is 9.90 Å². The first-order valence-corrected chi connectivity index (χ1v) is 8.19. The van der Waals surface area contributed by atoms with E-state index in [0.717, 1.165) is 15.2 Å². The van der Waals surface area contributed by atoms with E-state index in [1.807, 2.05) is 30.3 Å². The Morgan fingerprint density at radius 2 is 1.96 bits per heavy atom. The fourth-order valence-corrected chi connectivity index (χ4v) is 2.88. The number of amides is 2. The van der Waals surface area contributed by atoms with Crippen molar-refractivity contribution in [2.75, 3.05) is 11.4 Å². The number of nitrogens with two attached hydrogens (primary N) is 1. The van der Waals surface area contributed by atoms with Crippen LogP contribution in [0.15, 0.2) is 65.4 Å². The summed E-state index contributed by atoms with van der Waals surface area (Å²) >= 11 is 3.36. The van der Waals surface area contributed by atoms with Crippen LogP contribution in [0.2, 0.25) is 0 Å². The van der Waals surface area contributed by atoms with E-state index in [-0.39, 0.29) is 6.54 Å². The molecule has 3 rings (SSSR count). The standard InChI is InChI=1S/C18H16BrN3O2/c19-14-6-4-12(5-7-14)17(23)11-22(18(20)24)16-3-1-2-13-10-21-9-8-15(13)16/h1-10,17,23H,11H2,(H2,20,24).